The van der Waals surface area contributed by atoms with E-state index >= 15 is 0 Å². The van der Waals surface area contributed by atoms with E-state index in [4.69, 9.17) is 0 Å². The first kappa shape index (κ1) is 20.4. The van der Waals surface area contributed by atoms with Crippen LogP contribution in [0.5, 0.6) is 0 Å². The molecule has 29 heavy (non-hydrogen) atoms. The minimum atomic E-state index is 0.116. The molecule has 1 saturated heterocycles. The summed E-state index contributed by atoms with van der Waals surface area (Å²) in [5.74, 6) is 1.02. The van der Waals surface area contributed by atoms with Crippen molar-refractivity contribution < 1.29 is 9.59 Å². The first-order valence-electron chi connectivity index (χ1n) is 11.6. The van der Waals surface area contributed by atoms with Crippen molar-refractivity contribution in [3.05, 3.63) is 35.4 Å². The lowest BCUT2D eigenvalue weighted by molar-refractivity contribution is -0.122. The molecule has 2 amide bonds. The molecule has 0 aromatic heterocycles. The van der Waals surface area contributed by atoms with Gasteiger partial charge in [-0.1, -0.05) is 31.4 Å². The topological polar surface area (TPSA) is 52.7 Å². The van der Waals surface area contributed by atoms with Crippen molar-refractivity contribution in [1.29, 1.82) is 0 Å². The maximum atomic E-state index is 12.5. The van der Waals surface area contributed by atoms with Gasteiger partial charge in [0.1, 0.15) is 0 Å². The Hall–Kier alpha value is -1.88. The number of hydrogen-bond acceptors (Lipinski definition) is 3. The Labute approximate surface area is 174 Å². The molecule has 0 unspecified atom stereocenters. The Morgan fingerprint density at radius 1 is 0.931 bits per heavy atom. The predicted molar refractivity (Wildman–Crippen MR) is 115 cm³/mol. The Morgan fingerprint density at radius 2 is 1.62 bits per heavy atom. The molecule has 1 heterocycles. The van der Waals surface area contributed by atoms with Gasteiger partial charge in [0.2, 0.25) is 5.91 Å². The van der Waals surface area contributed by atoms with Crippen molar-refractivity contribution in [2.75, 3.05) is 26.2 Å². The highest BCUT2D eigenvalue weighted by molar-refractivity contribution is 5.94. The Morgan fingerprint density at radius 3 is 2.28 bits per heavy atom. The zero-order valence-electron chi connectivity index (χ0n) is 17.6. The van der Waals surface area contributed by atoms with Crippen LogP contribution < -0.4 is 5.32 Å². The maximum Gasteiger partial charge on any atom is 0.253 e. The molecular formula is C24H35N3O2. The van der Waals surface area contributed by atoms with E-state index in [1.54, 1.807) is 0 Å². The number of amides is 2. The number of carbonyl (C=O) groups is 2. The van der Waals surface area contributed by atoms with Gasteiger partial charge >= 0.3 is 0 Å². The highest BCUT2D eigenvalue weighted by Crippen LogP contribution is 2.31. The molecule has 1 aromatic carbocycles. The van der Waals surface area contributed by atoms with E-state index in [1.165, 1.54) is 44.9 Å². The molecule has 0 radical (unpaired) electrons. The molecule has 2 saturated carbocycles. The van der Waals surface area contributed by atoms with Crippen LogP contribution in [0, 0.1) is 5.92 Å². The van der Waals surface area contributed by atoms with E-state index in [0.29, 0.717) is 19.1 Å². The van der Waals surface area contributed by atoms with Crippen LogP contribution in [0.2, 0.25) is 0 Å². The van der Waals surface area contributed by atoms with Gasteiger partial charge in [-0.15, -0.1) is 0 Å². The van der Waals surface area contributed by atoms with Gasteiger partial charge in [-0.3, -0.25) is 14.5 Å². The summed E-state index contributed by atoms with van der Waals surface area (Å²) in [5.41, 5.74) is 1.79. The fraction of sp³-hybridized carbons (Fsp3) is 0.667. The molecular weight excluding hydrogens is 362 g/mol. The average molecular weight is 398 g/mol. The SMILES string of the molecule is O=C(CN(CC1CCCCC1)C1CC1)NCc1ccc(C(=O)N2CCCC2)cc1. The van der Waals surface area contributed by atoms with Gasteiger partial charge in [-0.2, -0.15) is 0 Å². The van der Waals surface area contributed by atoms with Crippen molar-refractivity contribution in [3.63, 3.8) is 0 Å². The second-order valence-corrected chi connectivity index (χ2v) is 9.14. The number of rotatable bonds is 8. The molecule has 158 valence electrons. The van der Waals surface area contributed by atoms with Gasteiger partial charge in [0.25, 0.3) is 5.91 Å². The molecule has 3 fully saturated rings. The molecule has 1 aromatic rings. The fourth-order valence-electron chi connectivity index (χ4n) is 4.79. The lowest BCUT2D eigenvalue weighted by Gasteiger charge is -2.29. The fourth-order valence-corrected chi connectivity index (χ4v) is 4.79. The smallest absolute Gasteiger partial charge is 0.253 e. The van der Waals surface area contributed by atoms with E-state index in [2.05, 4.69) is 10.2 Å². The Kier molecular flexibility index (Phi) is 6.86. The van der Waals surface area contributed by atoms with E-state index in [0.717, 1.165) is 49.5 Å². The summed E-state index contributed by atoms with van der Waals surface area (Å²) in [6, 6.07) is 8.33. The van der Waals surface area contributed by atoms with Crippen molar-refractivity contribution in [2.24, 2.45) is 5.92 Å². The predicted octanol–water partition coefficient (Wildman–Crippen LogP) is 3.58. The monoisotopic (exact) mass is 397 g/mol. The maximum absolute atomic E-state index is 12.5. The van der Waals surface area contributed by atoms with E-state index in [1.807, 2.05) is 29.2 Å². The van der Waals surface area contributed by atoms with Gasteiger partial charge in [0.05, 0.1) is 6.54 Å². The van der Waals surface area contributed by atoms with E-state index < -0.39 is 0 Å². The number of hydrogen-bond donors (Lipinski definition) is 1. The van der Waals surface area contributed by atoms with E-state index in [9.17, 15) is 9.59 Å². The lowest BCUT2D eigenvalue weighted by atomic mass is 9.89. The van der Waals surface area contributed by atoms with Crippen LogP contribution in [0.15, 0.2) is 24.3 Å². The summed E-state index contributed by atoms with van der Waals surface area (Å²) >= 11 is 0. The number of likely N-dealkylation sites (tertiary alicyclic amines) is 1. The van der Waals surface area contributed by atoms with Crippen molar-refractivity contribution in [3.8, 4) is 0 Å². The summed E-state index contributed by atoms with van der Waals surface area (Å²) in [6.07, 6.45) is 11.4. The largest absolute Gasteiger partial charge is 0.351 e. The van der Waals surface area contributed by atoms with Crippen LogP contribution >= 0.6 is 0 Å². The highest BCUT2D eigenvalue weighted by Gasteiger charge is 2.32. The third kappa shape index (κ3) is 5.81. The van der Waals surface area contributed by atoms with Gasteiger partial charge < -0.3 is 10.2 Å². The number of nitrogens with one attached hydrogen (secondary N) is 1. The quantitative estimate of drug-likeness (QED) is 0.729. The minimum Gasteiger partial charge on any atom is -0.351 e. The number of benzene rings is 1. The molecule has 4 rings (SSSR count). The molecule has 2 aliphatic carbocycles. The summed E-state index contributed by atoms with van der Waals surface area (Å²) in [6.45, 7) is 3.88. The van der Waals surface area contributed by atoms with Gasteiger partial charge in [0, 0.05) is 37.8 Å². The van der Waals surface area contributed by atoms with Crippen molar-refractivity contribution in [2.45, 2.75) is 70.4 Å². The van der Waals surface area contributed by atoms with E-state index in [-0.39, 0.29) is 11.8 Å². The first-order chi connectivity index (χ1) is 14.2. The molecule has 3 aliphatic rings. The van der Waals surface area contributed by atoms with Crippen LogP contribution in [0.3, 0.4) is 0 Å². The number of nitrogens with zero attached hydrogens (tertiary/aromatic N) is 2. The minimum absolute atomic E-state index is 0.116. The zero-order chi connectivity index (χ0) is 20.1. The van der Waals surface area contributed by atoms with Crippen LogP contribution in [-0.4, -0.2) is 53.8 Å². The second-order valence-electron chi connectivity index (χ2n) is 9.14. The molecule has 5 heteroatoms. The van der Waals surface area contributed by atoms with Crippen LogP contribution in [-0.2, 0) is 11.3 Å². The molecule has 0 spiro atoms. The van der Waals surface area contributed by atoms with Crippen molar-refractivity contribution in [1.82, 2.24) is 15.1 Å². The van der Waals surface area contributed by atoms with Crippen molar-refractivity contribution >= 4 is 11.8 Å². The molecule has 0 bridgehead atoms. The zero-order valence-corrected chi connectivity index (χ0v) is 17.6. The Bertz CT molecular complexity index is 687. The summed E-state index contributed by atoms with van der Waals surface area (Å²) in [7, 11) is 0. The Balaban J connectivity index is 1.23. The van der Waals surface area contributed by atoms with Crippen LogP contribution in [0.4, 0.5) is 0 Å². The van der Waals surface area contributed by atoms with Crippen LogP contribution in [0.1, 0.15) is 73.7 Å². The third-order valence-corrected chi connectivity index (χ3v) is 6.71. The molecule has 1 aliphatic heterocycles. The standard InChI is InChI=1S/C24H35N3O2/c28-23(18-27(22-12-13-22)17-20-6-2-1-3-7-20)25-16-19-8-10-21(11-9-19)24(29)26-14-4-5-15-26/h8-11,20,22H,1-7,12-18H2,(H,25,28). The third-order valence-electron chi connectivity index (χ3n) is 6.71. The summed E-state index contributed by atoms with van der Waals surface area (Å²) < 4.78 is 0. The highest BCUT2D eigenvalue weighted by atomic mass is 16.2. The molecule has 5 nitrogen and oxygen atoms in total. The lowest BCUT2D eigenvalue weighted by Crippen LogP contribution is -2.41. The second kappa shape index (κ2) is 9.75. The molecule has 0 atom stereocenters. The summed E-state index contributed by atoms with van der Waals surface area (Å²) in [5, 5.41) is 3.08. The average Bonchev–Trinajstić information content (AvgIpc) is 3.46. The van der Waals surface area contributed by atoms with Gasteiger partial charge in [0.15, 0.2) is 0 Å². The van der Waals surface area contributed by atoms with Gasteiger partial charge in [-0.25, -0.2) is 0 Å². The normalized spacial score (nSPS) is 20.2. The first-order valence-corrected chi connectivity index (χ1v) is 11.6. The molecule has 1 N–H and O–H groups in total. The van der Waals surface area contributed by atoms with Gasteiger partial charge in [-0.05, 0) is 62.1 Å². The van der Waals surface area contributed by atoms with Crippen LogP contribution in [0.25, 0.3) is 0 Å². The summed E-state index contributed by atoms with van der Waals surface area (Å²) in [4.78, 5) is 29.3. The number of carbonyl (C=O) groups excluding carboxylic acids is 2.